The number of aromatic hydroxyl groups is 1. The zero-order valence-corrected chi connectivity index (χ0v) is 11.4. The molecule has 0 bridgehead atoms. The number of carbonyl (C=O) groups is 1. The van der Waals surface area contributed by atoms with E-state index >= 15 is 0 Å². The van der Waals surface area contributed by atoms with Gasteiger partial charge in [-0.25, -0.2) is 0 Å². The minimum atomic E-state index is -0.990. The Morgan fingerprint density at radius 3 is 2.33 bits per heavy atom. The van der Waals surface area contributed by atoms with E-state index in [4.69, 9.17) is 4.84 Å². The van der Waals surface area contributed by atoms with Crippen molar-refractivity contribution >= 4 is 5.97 Å². The quantitative estimate of drug-likeness (QED) is 0.680. The number of carboxylic acids is 1. The zero-order chi connectivity index (χ0) is 15.1. The van der Waals surface area contributed by atoms with Crippen LogP contribution < -0.4 is 5.48 Å². The molecular weight excluding hydrogens is 270 g/mol. The van der Waals surface area contributed by atoms with Crippen LogP contribution in [0, 0.1) is 0 Å². The fraction of sp³-hybridized carbons (Fsp3) is 0.188. The molecule has 0 amide bonds. The van der Waals surface area contributed by atoms with Crippen molar-refractivity contribution in [3.63, 3.8) is 0 Å². The lowest BCUT2D eigenvalue weighted by atomic mass is 10.1. The second-order valence-corrected chi connectivity index (χ2v) is 4.65. The molecule has 5 nitrogen and oxygen atoms in total. The van der Waals surface area contributed by atoms with E-state index in [0.717, 1.165) is 11.1 Å². The number of hydrogen-bond donors (Lipinski definition) is 3. The van der Waals surface area contributed by atoms with Crippen molar-refractivity contribution in [1.82, 2.24) is 5.48 Å². The van der Waals surface area contributed by atoms with Gasteiger partial charge in [0.2, 0.25) is 0 Å². The average Bonchev–Trinajstić information content (AvgIpc) is 2.49. The summed E-state index contributed by atoms with van der Waals surface area (Å²) in [5.41, 5.74) is 4.33. The van der Waals surface area contributed by atoms with Crippen LogP contribution in [0.2, 0.25) is 0 Å². The molecule has 1 atom stereocenters. The van der Waals surface area contributed by atoms with Gasteiger partial charge in [0, 0.05) is 6.42 Å². The predicted molar refractivity (Wildman–Crippen MR) is 77.6 cm³/mol. The summed E-state index contributed by atoms with van der Waals surface area (Å²) in [7, 11) is 0. The van der Waals surface area contributed by atoms with E-state index in [-0.39, 0.29) is 12.2 Å². The summed E-state index contributed by atoms with van der Waals surface area (Å²) in [5.74, 6) is -0.838. The van der Waals surface area contributed by atoms with Gasteiger partial charge in [0.1, 0.15) is 11.8 Å². The van der Waals surface area contributed by atoms with Crippen molar-refractivity contribution in [3.8, 4) is 5.75 Å². The summed E-state index contributed by atoms with van der Waals surface area (Å²) in [6.07, 6.45) is 0.268. The lowest BCUT2D eigenvalue weighted by Crippen LogP contribution is -2.38. The molecule has 0 unspecified atom stereocenters. The van der Waals surface area contributed by atoms with E-state index in [9.17, 15) is 15.0 Å². The number of carboxylic acid groups (broad SMARTS) is 1. The highest BCUT2D eigenvalue weighted by molar-refractivity contribution is 5.73. The molecule has 21 heavy (non-hydrogen) atoms. The number of hydroxylamine groups is 1. The summed E-state index contributed by atoms with van der Waals surface area (Å²) in [6.45, 7) is 0.292. The Bertz CT molecular complexity index is 569. The van der Waals surface area contributed by atoms with Crippen LogP contribution in [0.1, 0.15) is 11.1 Å². The van der Waals surface area contributed by atoms with Crippen LogP contribution in [0.15, 0.2) is 54.6 Å². The molecule has 0 aliphatic heterocycles. The van der Waals surface area contributed by atoms with Crippen LogP contribution in [0.25, 0.3) is 0 Å². The molecule has 0 radical (unpaired) electrons. The van der Waals surface area contributed by atoms with Gasteiger partial charge in [-0.2, -0.15) is 5.48 Å². The minimum Gasteiger partial charge on any atom is -0.508 e. The Hall–Kier alpha value is -2.37. The normalized spacial score (nSPS) is 12.0. The molecule has 110 valence electrons. The van der Waals surface area contributed by atoms with Gasteiger partial charge in [0.25, 0.3) is 0 Å². The first-order chi connectivity index (χ1) is 10.1. The predicted octanol–water partition coefficient (Wildman–Crippen LogP) is 2.11. The summed E-state index contributed by atoms with van der Waals surface area (Å²) in [4.78, 5) is 16.5. The number of phenolic OH excluding ortho intramolecular Hbond substituents is 1. The van der Waals surface area contributed by atoms with Crippen molar-refractivity contribution in [2.24, 2.45) is 0 Å². The van der Waals surface area contributed by atoms with Crippen LogP contribution in [0.5, 0.6) is 5.75 Å². The molecule has 0 aliphatic rings. The highest BCUT2D eigenvalue weighted by atomic mass is 16.6. The summed E-state index contributed by atoms with van der Waals surface area (Å²) < 4.78 is 0. The number of nitrogens with one attached hydrogen (secondary N) is 1. The first-order valence-electron chi connectivity index (χ1n) is 6.57. The highest BCUT2D eigenvalue weighted by Crippen LogP contribution is 2.11. The third-order valence-electron chi connectivity index (χ3n) is 2.98. The topological polar surface area (TPSA) is 78.8 Å². The van der Waals surface area contributed by atoms with Gasteiger partial charge < -0.3 is 10.2 Å². The van der Waals surface area contributed by atoms with Gasteiger partial charge >= 0.3 is 5.97 Å². The number of phenols is 1. The maximum atomic E-state index is 11.2. The fourth-order valence-corrected chi connectivity index (χ4v) is 1.85. The Morgan fingerprint density at radius 2 is 1.71 bits per heavy atom. The van der Waals surface area contributed by atoms with Gasteiger partial charge in [-0.3, -0.25) is 9.63 Å². The van der Waals surface area contributed by atoms with E-state index < -0.39 is 12.0 Å². The number of aliphatic carboxylic acids is 1. The molecule has 0 aromatic heterocycles. The first-order valence-corrected chi connectivity index (χ1v) is 6.57. The Kier molecular flexibility index (Phi) is 5.31. The first kappa shape index (κ1) is 15.0. The molecule has 2 aromatic carbocycles. The van der Waals surface area contributed by atoms with Crippen LogP contribution >= 0.6 is 0 Å². The van der Waals surface area contributed by atoms with Gasteiger partial charge in [0.05, 0.1) is 6.61 Å². The van der Waals surface area contributed by atoms with E-state index in [1.54, 1.807) is 12.1 Å². The Balaban J connectivity index is 1.87. The number of hydrogen-bond acceptors (Lipinski definition) is 4. The molecule has 0 heterocycles. The monoisotopic (exact) mass is 287 g/mol. The van der Waals surface area contributed by atoms with E-state index in [0.29, 0.717) is 6.61 Å². The second kappa shape index (κ2) is 7.42. The maximum Gasteiger partial charge on any atom is 0.323 e. The lowest BCUT2D eigenvalue weighted by Gasteiger charge is -2.14. The second-order valence-electron chi connectivity index (χ2n) is 4.65. The van der Waals surface area contributed by atoms with E-state index in [1.165, 1.54) is 12.1 Å². The number of rotatable bonds is 7. The van der Waals surface area contributed by atoms with Crippen molar-refractivity contribution in [3.05, 3.63) is 65.7 Å². The smallest absolute Gasteiger partial charge is 0.323 e. The molecule has 0 spiro atoms. The van der Waals surface area contributed by atoms with E-state index in [2.05, 4.69) is 5.48 Å². The standard InChI is InChI=1S/C16H17NO4/c18-14-8-6-12(7-9-14)10-15(16(19)20)17-21-11-13-4-2-1-3-5-13/h1-9,15,17-18H,10-11H2,(H,19,20)/t15-/m0/s1. The molecule has 0 aliphatic carbocycles. The van der Waals surface area contributed by atoms with Gasteiger partial charge in [-0.1, -0.05) is 42.5 Å². The fourth-order valence-electron chi connectivity index (χ4n) is 1.85. The molecule has 0 saturated heterocycles. The molecule has 0 fully saturated rings. The highest BCUT2D eigenvalue weighted by Gasteiger charge is 2.17. The molecule has 2 aromatic rings. The van der Waals surface area contributed by atoms with Crippen molar-refractivity contribution in [2.75, 3.05) is 0 Å². The minimum absolute atomic E-state index is 0.152. The Labute approximate surface area is 122 Å². The van der Waals surface area contributed by atoms with E-state index in [1.807, 2.05) is 30.3 Å². The van der Waals surface area contributed by atoms with Crippen LogP contribution in [0.4, 0.5) is 0 Å². The number of benzene rings is 2. The average molecular weight is 287 g/mol. The molecule has 0 saturated carbocycles. The van der Waals surface area contributed by atoms with Gasteiger partial charge in [-0.15, -0.1) is 0 Å². The third-order valence-corrected chi connectivity index (χ3v) is 2.98. The van der Waals surface area contributed by atoms with Crippen molar-refractivity contribution in [2.45, 2.75) is 19.1 Å². The summed E-state index contributed by atoms with van der Waals surface area (Å²) >= 11 is 0. The zero-order valence-electron chi connectivity index (χ0n) is 11.4. The van der Waals surface area contributed by atoms with Crippen molar-refractivity contribution < 1.29 is 19.8 Å². The van der Waals surface area contributed by atoms with Crippen LogP contribution in [0.3, 0.4) is 0 Å². The maximum absolute atomic E-state index is 11.2. The van der Waals surface area contributed by atoms with Gasteiger partial charge in [-0.05, 0) is 23.3 Å². The molecule has 3 N–H and O–H groups in total. The molecule has 2 rings (SSSR count). The van der Waals surface area contributed by atoms with Gasteiger partial charge in [0.15, 0.2) is 0 Å². The summed E-state index contributed by atoms with van der Waals surface area (Å²) in [5, 5.41) is 18.4. The van der Waals surface area contributed by atoms with Crippen molar-refractivity contribution in [1.29, 1.82) is 0 Å². The third kappa shape index (κ3) is 4.91. The molecule has 5 heteroatoms. The Morgan fingerprint density at radius 1 is 1.05 bits per heavy atom. The lowest BCUT2D eigenvalue weighted by molar-refractivity contribution is -0.144. The summed E-state index contributed by atoms with van der Waals surface area (Å²) in [6, 6.07) is 15.1. The largest absolute Gasteiger partial charge is 0.508 e. The SMILES string of the molecule is O=C(O)[C@H](Cc1ccc(O)cc1)NOCc1ccccc1. The molecular formula is C16H17NO4. The van der Waals surface area contributed by atoms with Crippen LogP contribution in [-0.2, 0) is 22.7 Å². The van der Waals surface area contributed by atoms with Crippen LogP contribution in [-0.4, -0.2) is 22.2 Å².